The summed E-state index contributed by atoms with van der Waals surface area (Å²) in [5.74, 6) is 0.235. The first-order valence-electron chi connectivity index (χ1n) is 5.73. The fourth-order valence-electron chi connectivity index (χ4n) is 1.96. The quantitative estimate of drug-likeness (QED) is 0.529. The van der Waals surface area contributed by atoms with Crippen LogP contribution in [0.1, 0.15) is 0 Å². The molecule has 0 N–H and O–H groups in total. The SMILES string of the molecule is FS(F)(F)(F)(F)c1ccc2c(-c3ccccc3)onc2c1. The van der Waals surface area contributed by atoms with Crippen molar-refractivity contribution in [3.05, 3.63) is 48.5 Å². The number of nitrogens with zero attached hydrogens (tertiary/aromatic N) is 1. The van der Waals surface area contributed by atoms with Gasteiger partial charge in [-0.05, 0) is 18.2 Å². The first kappa shape index (κ1) is 13.9. The molecule has 0 spiro atoms. The van der Waals surface area contributed by atoms with Gasteiger partial charge in [0.1, 0.15) is 10.4 Å². The maximum absolute atomic E-state index is 12.7. The lowest BCUT2D eigenvalue weighted by Gasteiger charge is -2.40. The van der Waals surface area contributed by atoms with E-state index in [9.17, 15) is 19.4 Å². The second-order valence-corrected chi connectivity index (χ2v) is 6.93. The fourth-order valence-corrected chi connectivity index (χ4v) is 2.62. The molecule has 0 fully saturated rings. The minimum Gasteiger partial charge on any atom is -0.355 e. The lowest BCUT2D eigenvalue weighted by molar-refractivity contribution is 0.364. The molecule has 0 saturated carbocycles. The number of hydrogen-bond donors (Lipinski definition) is 0. The average Bonchev–Trinajstić information content (AvgIpc) is 2.80. The van der Waals surface area contributed by atoms with Crippen molar-refractivity contribution in [1.82, 2.24) is 5.16 Å². The van der Waals surface area contributed by atoms with E-state index in [0.717, 1.165) is 6.07 Å². The van der Waals surface area contributed by atoms with Gasteiger partial charge in [0, 0.05) is 10.9 Å². The summed E-state index contributed by atoms with van der Waals surface area (Å²) in [4.78, 5) is -1.98. The third-order valence-corrected chi connectivity index (χ3v) is 4.08. The lowest BCUT2D eigenvalue weighted by atomic mass is 10.1. The fraction of sp³-hybridized carbons (Fsp3) is 0. The van der Waals surface area contributed by atoms with E-state index in [1.165, 1.54) is 0 Å². The van der Waals surface area contributed by atoms with Crippen molar-refractivity contribution in [2.45, 2.75) is 4.90 Å². The Labute approximate surface area is 115 Å². The maximum atomic E-state index is 12.7. The third kappa shape index (κ3) is 2.58. The van der Waals surface area contributed by atoms with E-state index in [4.69, 9.17) is 4.52 Å². The monoisotopic (exact) mass is 321 g/mol. The van der Waals surface area contributed by atoms with E-state index < -0.39 is 15.1 Å². The molecule has 21 heavy (non-hydrogen) atoms. The highest BCUT2D eigenvalue weighted by molar-refractivity contribution is 8.45. The lowest BCUT2D eigenvalue weighted by Crippen LogP contribution is -2.05. The van der Waals surface area contributed by atoms with Crippen molar-refractivity contribution in [2.75, 3.05) is 0 Å². The summed E-state index contributed by atoms with van der Waals surface area (Å²) in [5.41, 5.74) is 0.333. The molecule has 112 valence electrons. The van der Waals surface area contributed by atoms with Crippen LogP contribution in [0.25, 0.3) is 22.2 Å². The molecule has 3 rings (SSSR count). The molecular formula is C13H8F5NOS. The molecule has 0 unspecified atom stereocenters. The first-order chi connectivity index (χ1) is 9.54. The summed E-state index contributed by atoms with van der Waals surface area (Å²) in [6.45, 7) is 0. The zero-order valence-electron chi connectivity index (χ0n) is 10.3. The molecular weight excluding hydrogens is 313 g/mol. The largest absolute Gasteiger partial charge is 0.355 e. The Morgan fingerprint density at radius 2 is 1.52 bits per heavy atom. The Morgan fingerprint density at radius 3 is 2.14 bits per heavy atom. The van der Waals surface area contributed by atoms with E-state index in [1.807, 2.05) is 0 Å². The standard InChI is InChI=1S/C13H8F5NOS/c14-21(15,16,17,18)10-6-7-11-12(8-10)19-20-13(11)9-4-2-1-3-5-9/h1-8H. The molecule has 2 aromatic carbocycles. The minimum absolute atomic E-state index is 0.235. The zero-order chi connectivity index (χ0) is 15.4. The molecule has 2 nitrogen and oxygen atoms in total. The van der Waals surface area contributed by atoms with E-state index in [2.05, 4.69) is 5.16 Å². The molecule has 0 saturated heterocycles. The molecule has 0 atom stereocenters. The van der Waals surface area contributed by atoms with E-state index in [-0.39, 0.29) is 16.7 Å². The molecule has 1 heterocycles. The summed E-state index contributed by atoms with van der Waals surface area (Å²) in [7, 11) is -9.71. The van der Waals surface area contributed by atoms with Crippen LogP contribution in [0.5, 0.6) is 0 Å². The molecule has 0 amide bonds. The smallest absolute Gasteiger partial charge is 0.310 e. The molecule has 1 aromatic heterocycles. The third-order valence-electron chi connectivity index (χ3n) is 2.93. The van der Waals surface area contributed by atoms with Crippen LogP contribution in [-0.4, -0.2) is 5.16 Å². The Bertz CT molecular complexity index is 827. The molecule has 0 aliphatic carbocycles. The van der Waals surface area contributed by atoms with Crippen molar-refractivity contribution in [2.24, 2.45) is 0 Å². The van der Waals surface area contributed by atoms with Crippen LogP contribution in [-0.2, 0) is 0 Å². The van der Waals surface area contributed by atoms with Gasteiger partial charge in [-0.25, -0.2) is 0 Å². The van der Waals surface area contributed by atoms with Crippen molar-refractivity contribution >= 4 is 21.1 Å². The summed E-state index contributed by atoms with van der Waals surface area (Å²) in [6, 6.07) is 10.2. The van der Waals surface area contributed by atoms with Gasteiger partial charge in [0.05, 0.1) is 0 Å². The molecule has 0 aliphatic rings. The highest BCUT2D eigenvalue weighted by atomic mass is 32.5. The van der Waals surface area contributed by atoms with Gasteiger partial charge in [0.25, 0.3) is 0 Å². The van der Waals surface area contributed by atoms with Crippen molar-refractivity contribution in [3.8, 4) is 11.3 Å². The van der Waals surface area contributed by atoms with Crippen LogP contribution < -0.4 is 0 Å². The van der Waals surface area contributed by atoms with Gasteiger partial charge in [-0.15, -0.1) is 0 Å². The van der Waals surface area contributed by atoms with Gasteiger partial charge in [-0.3, -0.25) is 0 Å². The highest BCUT2D eigenvalue weighted by Gasteiger charge is 2.65. The normalized spacial score (nSPS) is 15.7. The molecule has 8 heteroatoms. The summed E-state index contributed by atoms with van der Waals surface area (Å²) >= 11 is 0. The topological polar surface area (TPSA) is 26.0 Å². The first-order valence-corrected chi connectivity index (χ1v) is 7.69. The Balaban J connectivity index is 2.21. The van der Waals surface area contributed by atoms with Crippen molar-refractivity contribution in [1.29, 1.82) is 0 Å². The van der Waals surface area contributed by atoms with E-state index in [0.29, 0.717) is 17.7 Å². The van der Waals surface area contributed by atoms with Gasteiger partial charge >= 0.3 is 10.2 Å². The van der Waals surface area contributed by atoms with E-state index >= 15 is 0 Å². The molecule has 0 radical (unpaired) electrons. The highest BCUT2D eigenvalue weighted by Crippen LogP contribution is 3.02. The number of benzene rings is 2. The molecule has 0 bridgehead atoms. The van der Waals surface area contributed by atoms with Crippen LogP contribution in [0, 0.1) is 0 Å². The maximum Gasteiger partial charge on any atom is 0.310 e. The average molecular weight is 321 g/mol. The van der Waals surface area contributed by atoms with Crippen LogP contribution in [0.4, 0.5) is 19.4 Å². The predicted molar refractivity (Wildman–Crippen MR) is 70.8 cm³/mol. The Hall–Kier alpha value is -2.09. The van der Waals surface area contributed by atoms with Crippen LogP contribution in [0.3, 0.4) is 0 Å². The van der Waals surface area contributed by atoms with Gasteiger partial charge in [0.15, 0.2) is 5.76 Å². The second kappa shape index (κ2) is 3.56. The second-order valence-electron chi connectivity index (χ2n) is 4.53. The number of fused-ring (bicyclic) bond motifs is 1. The molecule has 0 aliphatic heterocycles. The number of halogens is 5. The number of aromatic nitrogens is 1. The van der Waals surface area contributed by atoms with Crippen LogP contribution >= 0.6 is 10.2 Å². The van der Waals surface area contributed by atoms with Crippen LogP contribution in [0.2, 0.25) is 0 Å². The molecule has 3 aromatic rings. The van der Waals surface area contributed by atoms with Gasteiger partial charge in [0.2, 0.25) is 0 Å². The summed E-state index contributed by atoms with van der Waals surface area (Å²) < 4.78 is 68.7. The number of rotatable bonds is 2. The summed E-state index contributed by atoms with van der Waals surface area (Å²) in [5, 5.41) is 3.68. The van der Waals surface area contributed by atoms with Crippen LogP contribution in [0.15, 0.2) is 57.9 Å². The van der Waals surface area contributed by atoms with Gasteiger partial charge < -0.3 is 4.52 Å². The predicted octanol–water partition coefficient (Wildman–Crippen LogP) is 6.15. The van der Waals surface area contributed by atoms with Gasteiger partial charge in [-0.1, -0.05) is 54.9 Å². The number of hydrogen-bond acceptors (Lipinski definition) is 2. The zero-order valence-corrected chi connectivity index (χ0v) is 11.1. The van der Waals surface area contributed by atoms with E-state index in [1.54, 1.807) is 30.3 Å². The van der Waals surface area contributed by atoms with Gasteiger partial charge in [-0.2, -0.15) is 0 Å². The minimum atomic E-state index is -9.71. The Kier molecular flexibility index (Phi) is 2.35. The summed E-state index contributed by atoms with van der Waals surface area (Å²) in [6.07, 6.45) is 0. The Morgan fingerprint density at radius 1 is 0.857 bits per heavy atom. The van der Waals surface area contributed by atoms with Crippen molar-refractivity contribution in [3.63, 3.8) is 0 Å². The van der Waals surface area contributed by atoms with Crippen molar-refractivity contribution < 1.29 is 24.0 Å².